The van der Waals surface area contributed by atoms with Gasteiger partial charge in [0.15, 0.2) is 0 Å². The molecule has 0 aliphatic carbocycles. The molecule has 3 N–H and O–H groups in total. The number of aryl methyl sites for hydroxylation is 1. The first kappa shape index (κ1) is 17.6. The van der Waals surface area contributed by atoms with Crippen LogP contribution in [-0.2, 0) is 10.0 Å². The number of hydrogen-bond acceptors (Lipinski definition) is 4. The zero-order valence-corrected chi connectivity index (χ0v) is 13.7. The summed E-state index contributed by atoms with van der Waals surface area (Å²) in [5.41, 5.74) is 1.64. The maximum atomic E-state index is 12.3. The van der Waals surface area contributed by atoms with E-state index in [1.165, 1.54) is 12.1 Å². The minimum atomic E-state index is -3.74. The van der Waals surface area contributed by atoms with E-state index in [1.807, 2.05) is 13.0 Å². The number of rotatable bonds is 7. The highest BCUT2D eigenvalue weighted by Gasteiger charge is 2.22. The molecule has 0 saturated carbocycles. The molecule has 0 unspecified atom stereocenters. The lowest BCUT2D eigenvalue weighted by Crippen LogP contribution is -2.38. The summed E-state index contributed by atoms with van der Waals surface area (Å²) >= 11 is 0. The Morgan fingerprint density at radius 2 is 1.65 bits per heavy atom. The summed E-state index contributed by atoms with van der Waals surface area (Å²) in [5.74, 6) is 0. The molecule has 0 aliphatic rings. The molecule has 0 spiro atoms. The second-order valence-corrected chi connectivity index (χ2v) is 7.19. The summed E-state index contributed by atoms with van der Waals surface area (Å²) in [5, 5.41) is 19.6. The third-order valence-corrected chi connectivity index (χ3v) is 5.10. The van der Waals surface area contributed by atoms with Crippen LogP contribution >= 0.6 is 0 Å². The number of sulfonamides is 1. The van der Waals surface area contributed by atoms with Crippen LogP contribution in [0.2, 0.25) is 0 Å². The molecule has 0 amide bonds. The van der Waals surface area contributed by atoms with Crippen molar-refractivity contribution in [3.05, 3.63) is 65.7 Å². The third kappa shape index (κ3) is 4.87. The van der Waals surface area contributed by atoms with Crippen molar-refractivity contribution in [2.75, 3.05) is 6.61 Å². The van der Waals surface area contributed by atoms with E-state index in [1.54, 1.807) is 36.4 Å². The smallest absolute Gasteiger partial charge is 0.240 e. The van der Waals surface area contributed by atoms with E-state index < -0.39 is 28.8 Å². The van der Waals surface area contributed by atoms with Gasteiger partial charge in [0.25, 0.3) is 0 Å². The van der Waals surface area contributed by atoms with Crippen LogP contribution in [0, 0.1) is 6.92 Å². The van der Waals surface area contributed by atoms with E-state index in [4.69, 9.17) is 0 Å². The summed E-state index contributed by atoms with van der Waals surface area (Å²) in [6.45, 7) is 1.48. The van der Waals surface area contributed by atoms with Gasteiger partial charge < -0.3 is 10.2 Å². The average Bonchev–Trinajstić information content (AvgIpc) is 2.55. The van der Waals surface area contributed by atoms with Crippen molar-refractivity contribution in [3.8, 4) is 0 Å². The van der Waals surface area contributed by atoms with Crippen molar-refractivity contribution >= 4 is 10.0 Å². The first-order chi connectivity index (χ1) is 10.9. The Labute approximate surface area is 136 Å². The molecule has 0 radical (unpaired) electrons. The minimum Gasteiger partial charge on any atom is -0.395 e. The Balaban J connectivity index is 2.08. The Morgan fingerprint density at radius 3 is 2.22 bits per heavy atom. The van der Waals surface area contributed by atoms with Crippen LogP contribution in [0.15, 0.2) is 59.5 Å². The molecule has 0 heterocycles. The Hall–Kier alpha value is -1.73. The zero-order valence-electron chi connectivity index (χ0n) is 12.9. The molecular formula is C17H21NO4S. The number of aliphatic hydroxyl groups is 2. The average molecular weight is 335 g/mol. The van der Waals surface area contributed by atoms with Crippen LogP contribution in [0.25, 0.3) is 0 Å². The van der Waals surface area contributed by atoms with E-state index in [2.05, 4.69) is 4.72 Å². The fourth-order valence-electron chi connectivity index (χ4n) is 2.25. The summed E-state index contributed by atoms with van der Waals surface area (Å²) in [4.78, 5) is 0.135. The molecule has 2 aromatic rings. The largest absolute Gasteiger partial charge is 0.395 e. The van der Waals surface area contributed by atoms with E-state index in [0.29, 0.717) is 5.56 Å². The van der Waals surface area contributed by atoms with E-state index in [-0.39, 0.29) is 11.3 Å². The summed E-state index contributed by atoms with van der Waals surface area (Å²) in [6.07, 6.45) is -0.764. The van der Waals surface area contributed by atoms with Crippen LogP contribution in [0.1, 0.15) is 23.7 Å². The van der Waals surface area contributed by atoms with E-state index in [0.717, 1.165) is 5.56 Å². The first-order valence-corrected chi connectivity index (χ1v) is 8.83. The first-order valence-electron chi connectivity index (χ1n) is 7.35. The van der Waals surface area contributed by atoms with Crippen molar-refractivity contribution in [2.24, 2.45) is 0 Å². The van der Waals surface area contributed by atoms with Crippen molar-refractivity contribution in [1.82, 2.24) is 4.72 Å². The van der Waals surface area contributed by atoms with Crippen LogP contribution in [-0.4, -0.2) is 31.3 Å². The van der Waals surface area contributed by atoms with Crippen molar-refractivity contribution in [3.63, 3.8) is 0 Å². The highest BCUT2D eigenvalue weighted by atomic mass is 32.2. The highest BCUT2D eigenvalue weighted by Crippen LogP contribution is 2.19. The van der Waals surface area contributed by atoms with Gasteiger partial charge in [-0.05, 0) is 31.0 Å². The Kier molecular flexibility index (Phi) is 5.90. The Morgan fingerprint density at radius 1 is 1.04 bits per heavy atom. The topological polar surface area (TPSA) is 86.6 Å². The number of benzene rings is 2. The van der Waals surface area contributed by atoms with Gasteiger partial charge in [0.05, 0.1) is 17.6 Å². The molecule has 0 fully saturated rings. The lowest BCUT2D eigenvalue weighted by Gasteiger charge is -2.20. The zero-order chi connectivity index (χ0) is 16.9. The standard InChI is InChI=1S/C17H21NO4S/c1-13-7-9-16(10-8-13)23(21,22)18-15(12-19)11-17(20)14-5-3-2-4-6-14/h2-10,15,17-20H,11-12H2,1H3/t15-,17+/m1/s1. The summed E-state index contributed by atoms with van der Waals surface area (Å²) < 4.78 is 27.1. The minimum absolute atomic E-state index is 0.0889. The molecule has 2 aromatic carbocycles. The molecular weight excluding hydrogens is 314 g/mol. The van der Waals surface area contributed by atoms with E-state index >= 15 is 0 Å². The number of nitrogens with one attached hydrogen (secondary N) is 1. The van der Waals surface area contributed by atoms with Gasteiger partial charge in [-0.25, -0.2) is 13.1 Å². The maximum absolute atomic E-state index is 12.3. The molecule has 2 atom stereocenters. The quantitative estimate of drug-likeness (QED) is 0.719. The second-order valence-electron chi connectivity index (χ2n) is 5.48. The molecule has 0 aromatic heterocycles. The van der Waals surface area contributed by atoms with Gasteiger partial charge in [-0.1, -0.05) is 48.0 Å². The number of hydrogen-bond donors (Lipinski definition) is 3. The molecule has 5 nitrogen and oxygen atoms in total. The molecule has 0 bridgehead atoms. The van der Waals surface area contributed by atoms with Crippen LogP contribution < -0.4 is 4.72 Å². The second kappa shape index (κ2) is 7.70. The summed E-state index contributed by atoms with van der Waals surface area (Å²) in [7, 11) is -3.74. The molecule has 6 heteroatoms. The molecule has 0 aliphatic heterocycles. The maximum Gasteiger partial charge on any atom is 0.240 e. The normalized spacial score (nSPS) is 14.4. The van der Waals surface area contributed by atoms with Gasteiger partial charge in [0.2, 0.25) is 10.0 Å². The lowest BCUT2D eigenvalue weighted by atomic mass is 10.0. The fourth-order valence-corrected chi connectivity index (χ4v) is 3.49. The van der Waals surface area contributed by atoms with E-state index in [9.17, 15) is 18.6 Å². The lowest BCUT2D eigenvalue weighted by molar-refractivity contribution is 0.136. The SMILES string of the molecule is Cc1ccc(S(=O)(=O)N[C@@H](CO)C[C@H](O)c2ccccc2)cc1. The van der Waals surface area contributed by atoms with Crippen LogP contribution in [0.5, 0.6) is 0 Å². The molecule has 2 rings (SSSR count). The molecule has 124 valence electrons. The van der Waals surface area contributed by atoms with Crippen molar-refractivity contribution in [2.45, 2.75) is 30.4 Å². The van der Waals surface area contributed by atoms with Crippen LogP contribution in [0.3, 0.4) is 0 Å². The third-order valence-electron chi connectivity index (χ3n) is 3.57. The van der Waals surface area contributed by atoms with Crippen LogP contribution in [0.4, 0.5) is 0 Å². The van der Waals surface area contributed by atoms with Gasteiger partial charge >= 0.3 is 0 Å². The van der Waals surface area contributed by atoms with Gasteiger partial charge in [0.1, 0.15) is 0 Å². The molecule has 0 saturated heterocycles. The highest BCUT2D eigenvalue weighted by molar-refractivity contribution is 7.89. The van der Waals surface area contributed by atoms with Crippen molar-refractivity contribution < 1.29 is 18.6 Å². The predicted molar refractivity (Wildman–Crippen MR) is 88.4 cm³/mol. The van der Waals surface area contributed by atoms with Gasteiger partial charge in [-0.2, -0.15) is 0 Å². The fraction of sp³-hybridized carbons (Fsp3) is 0.294. The van der Waals surface area contributed by atoms with Crippen molar-refractivity contribution in [1.29, 1.82) is 0 Å². The Bertz CT molecular complexity index is 714. The monoisotopic (exact) mass is 335 g/mol. The van der Waals surface area contributed by atoms with Gasteiger partial charge in [-0.15, -0.1) is 0 Å². The van der Waals surface area contributed by atoms with Gasteiger partial charge in [0, 0.05) is 6.04 Å². The van der Waals surface area contributed by atoms with Gasteiger partial charge in [-0.3, -0.25) is 0 Å². The summed E-state index contributed by atoms with van der Waals surface area (Å²) in [6, 6.07) is 14.6. The number of aliphatic hydroxyl groups excluding tert-OH is 2. The predicted octanol–water partition coefficient (Wildman–Crippen LogP) is 1.76. The molecule has 23 heavy (non-hydrogen) atoms.